The molecule has 3 aromatic carbocycles. The fourth-order valence-corrected chi connectivity index (χ4v) is 3.45. The van der Waals surface area contributed by atoms with Crippen LogP contribution in [0.1, 0.15) is 47.9 Å². The van der Waals surface area contributed by atoms with Crippen molar-refractivity contribution in [1.82, 2.24) is 0 Å². The van der Waals surface area contributed by atoms with Gasteiger partial charge in [0.15, 0.2) is 0 Å². The molecule has 0 saturated heterocycles. The van der Waals surface area contributed by atoms with Gasteiger partial charge in [-0.05, 0) is 98.5 Å². The molecular formula is C36H34O6. The van der Waals surface area contributed by atoms with Crippen LogP contribution in [0.2, 0.25) is 0 Å². The van der Waals surface area contributed by atoms with E-state index >= 15 is 0 Å². The summed E-state index contributed by atoms with van der Waals surface area (Å²) < 4.78 is 21.3. The molecule has 0 aliphatic heterocycles. The highest BCUT2D eigenvalue weighted by Gasteiger charge is 1.99. The van der Waals surface area contributed by atoms with E-state index in [0.29, 0.717) is 26.4 Å². The van der Waals surface area contributed by atoms with Gasteiger partial charge in [-0.25, -0.2) is 9.59 Å². The van der Waals surface area contributed by atoms with E-state index in [4.69, 9.17) is 18.9 Å². The van der Waals surface area contributed by atoms with Crippen LogP contribution in [0.15, 0.2) is 98.1 Å². The molecule has 3 aromatic rings. The van der Waals surface area contributed by atoms with E-state index < -0.39 is 11.9 Å². The van der Waals surface area contributed by atoms with Gasteiger partial charge in [-0.1, -0.05) is 36.8 Å². The van der Waals surface area contributed by atoms with E-state index in [1.807, 2.05) is 72.8 Å². The molecule has 6 heteroatoms. The third kappa shape index (κ3) is 12.3. The molecule has 0 unspecified atom stereocenters. The first-order valence-electron chi connectivity index (χ1n) is 13.7. The lowest BCUT2D eigenvalue weighted by atomic mass is 10.1. The van der Waals surface area contributed by atoms with Crippen LogP contribution >= 0.6 is 0 Å². The zero-order valence-electron chi connectivity index (χ0n) is 23.6. The second kappa shape index (κ2) is 18.2. The van der Waals surface area contributed by atoms with E-state index in [-0.39, 0.29) is 0 Å². The average molecular weight is 563 g/mol. The highest BCUT2D eigenvalue weighted by molar-refractivity contribution is 5.81. The Morgan fingerprint density at radius 2 is 0.786 bits per heavy atom. The minimum absolute atomic E-state index is 0.363. The molecule has 0 saturated carbocycles. The van der Waals surface area contributed by atoms with Crippen LogP contribution in [-0.2, 0) is 19.1 Å². The first kappa shape index (κ1) is 31.3. The lowest BCUT2D eigenvalue weighted by Gasteiger charge is -2.06. The lowest BCUT2D eigenvalue weighted by Crippen LogP contribution is -2.04. The van der Waals surface area contributed by atoms with Gasteiger partial charge in [-0.3, -0.25) is 0 Å². The maximum atomic E-state index is 11.0. The lowest BCUT2D eigenvalue weighted by molar-refractivity contribution is -0.138. The topological polar surface area (TPSA) is 71.1 Å². The summed E-state index contributed by atoms with van der Waals surface area (Å²) in [5.74, 6) is 13.4. The van der Waals surface area contributed by atoms with E-state index in [2.05, 4.69) is 36.8 Å². The molecule has 214 valence electrons. The van der Waals surface area contributed by atoms with Gasteiger partial charge in [-0.2, -0.15) is 0 Å². The number of ether oxygens (including phenoxy) is 4. The van der Waals surface area contributed by atoms with Crippen LogP contribution in [0, 0.1) is 23.7 Å². The molecule has 3 rings (SSSR count). The molecule has 0 aliphatic carbocycles. The SMILES string of the molecule is C=CC(=O)OCCCCOc1ccc(C#Cc2ccc(C#Cc3ccc(OCCCCOC(=O)C=C)cc3)cc2)cc1. The Balaban J connectivity index is 1.39. The summed E-state index contributed by atoms with van der Waals surface area (Å²) in [5.41, 5.74) is 3.59. The molecule has 42 heavy (non-hydrogen) atoms. The number of carbonyl (C=O) groups excluding carboxylic acids is 2. The van der Waals surface area contributed by atoms with Gasteiger partial charge in [0.25, 0.3) is 0 Å². The van der Waals surface area contributed by atoms with Gasteiger partial charge >= 0.3 is 11.9 Å². The molecule has 0 heterocycles. The van der Waals surface area contributed by atoms with E-state index in [1.165, 1.54) is 0 Å². The van der Waals surface area contributed by atoms with Crippen LogP contribution in [0.4, 0.5) is 0 Å². The van der Waals surface area contributed by atoms with E-state index in [1.54, 1.807) is 0 Å². The number of unbranched alkanes of at least 4 members (excludes halogenated alkanes) is 2. The molecular weight excluding hydrogens is 528 g/mol. The molecule has 0 fully saturated rings. The third-order valence-electron chi connectivity index (χ3n) is 5.73. The van der Waals surface area contributed by atoms with Gasteiger partial charge in [0.2, 0.25) is 0 Å². The molecule has 0 atom stereocenters. The standard InChI is InChI=1S/C36H34O6/c1-3-35(37)41-27-7-5-25-39-33-21-17-31(18-22-33)15-13-29-9-11-30(12-10-29)14-16-32-19-23-34(24-20-32)40-26-6-8-28-42-36(38)4-2/h3-4,9-12,17-24H,1-2,5-8,25-28H2. The molecule has 0 N–H and O–H groups in total. The van der Waals surface area contributed by atoms with Gasteiger partial charge in [0.1, 0.15) is 11.5 Å². The Labute approximate surface area is 248 Å². The molecule has 0 amide bonds. The fourth-order valence-electron chi connectivity index (χ4n) is 3.45. The van der Waals surface area contributed by atoms with Gasteiger partial charge < -0.3 is 18.9 Å². The van der Waals surface area contributed by atoms with Crippen molar-refractivity contribution >= 4 is 11.9 Å². The first-order valence-corrected chi connectivity index (χ1v) is 13.7. The number of hydrogen-bond acceptors (Lipinski definition) is 6. The van der Waals surface area contributed by atoms with Gasteiger partial charge in [0, 0.05) is 34.4 Å². The number of hydrogen-bond donors (Lipinski definition) is 0. The van der Waals surface area contributed by atoms with Crippen LogP contribution in [0.3, 0.4) is 0 Å². The molecule has 0 spiro atoms. The zero-order valence-corrected chi connectivity index (χ0v) is 23.6. The zero-order chi connectivity index (χ0) is 29.8. The Kier molecular flexibility index (Phi) is 13.6. The summed E-state index contributed by atoms with van der Waals surface area (Å²) in [6.45, 7) is 8.55. The van der Waals surface area contributed by atoms with E-state index in [0.717, 1.165) is 71.6 Å². The Bertz CT molecular complexity index is 1320. The summed E-state index contributed by atoms with van der Waals surface area (Å²) in [6, 6.07) is 23.1. The third-order valence-corrected chi connectivity index (χ3v) is 5.73. The highest BCUT2D eigenvalue weighted by Crippen LogP contribution is 2.14. The van der Waals surface area contributed by atoms with Crippen molar-refractivity contribution in [2.24, 2.45) is 0 Å². The average Bonchev–Trinajstić information content (AvgIpc) is 3.03. The van der Waals surface area contributed by atoms with Crippen molar-refractivity contribution in [2.45, 2.75) is 25.7 Å². The fraction of sp³-hybridized carbons (Fsp3) is 0.222. The minimum Gasteiger partial charge on any atom is -0.494 e. The number of esters is 2. The Morgan fingerprint density at radius 3 is 1.10 bits per heavy atom. The monoisotopic (exact) mass is 562 g/mol. The molecule has 0 aromatic heterocycles. The van der Waals surface area contributed by atoms with Crippen molar-refractivity contribution < 1.29 is 28.5 Å². The van der Waals surface area contributed by atoms with Crippen LogP contribution in [0.5, 0.6) is 11.5 Å². The van der Waals surface area contributed by atoms with Crippen LogP contribution < -0.4 is 9.47 Å². The summed E-state index contributed by atoms with van der Waals surface area (Å²) in [4.78, 5) is 22.0. The largest absolute Gasteiger partial charge is 0.494 e. The van der Waals surface area contributed by atoms with Crippen molar-refractivity contribution in [2.75, 3.05) is 26.4 Å². The summed E-state index contributed by atoms with van der Waals surface area (Å²) in [6.07, 6.45) is 5.35. The molecule has 6 nitrogen and oxygen atoms in total. The van der Waals surface area contributed by atoms with Crippen molar-refractivity contribution in [3.05, 3.63) is 120 Å². The van der Waals surface area contributed by atoms with Crippen molar-refractivity contribution in [3.8, 4) is 35.2 Å². The first-order chi connectivity index (χ1) is 20.6. The van der Waals surface area contributed by atoms with Crippen molar-refractivity contribution in [3.63, 3.8) is 0 Å². The smallest absolute Gasteiger partial charge is 0.330 e. The van der Waals surface area contributed by atoms with Gasteiger partial charge in [0.05, 0.1) is 26.4 Å². The number of benzene rings is 3. The summed E-state index contributed by atoms with van der Waals surface area (Å²) in [5, 5.41) is 0. The van der Waals surface area contributed by atoms with Crippen LogP contribution in [-0.4, -0.2) is 38.4 Å². The van der Waals surface area contributed by atoms with Crippen molar-refractivity contribution in [1.29, 1.82) is 0 Å². The normalized spacial score (nSPS) is 9.71. The molecule has 0 radical (unpaired) electrons. The second-order valence-electron chi connectivity index (χ2n) is 8.98. The Morgan fingerprint density at radius 1 is 0.500 bits per heavy atom. The maximum absolute atomic E-state index is 11.0. The molecule has 0 bridgehead atoms. The summed E-state index contributed by atoms with van der Waals surface area (Å²) in [7, 11) is 0. The van der Waals surface area contributed by atoms with E-state index in [9.17, 15) is 9.59 Å². The minimum atomic E-state index is -0.404. The summed E-state index contributed by atoms with van der Waals surface area (Å²) >= 11 is 0. The van der Waals surface area contributed by atoms with Crippen LogP contribution in [0.25, 0.3) is 0 Å². The maximum Gasteiger partial charge on any atom is 0.330 e. The van der Waals surface area contributed by atoms with Gasteiger partial charge in [-0.15, -0.1) is 0 Å². The Hall–Kier alpha value is -5.20. The number of rotatable bonds is 14. The predicted octanol–water partition coefficient (Wildman–Crippen LogP) is 6.26. The quantitative estimate of drug-likeness (QED) is 0.1000. The number of carbonyl (C=O) groups is 2. The highest BCUT2D eigenvalue weighted by atomic mass is 16.5. The predicted molar refractivity (Wildman–Crippen MR) is 163 cm³/mol. The molecule has 0 aliphatic rings. The second-order valence-corrected chi connectivity index (χ2v) is 8.98.